The highest BCUT2D eigenvalue weighted by atomic mass is 15.0. The molecule has 0 aliphatic rings. The van der Waals surface area contributed by atoms with E-state index in [0.29, 0.717) is 0 Å². The van der Waals surface area contributed by atoms with Crippen molar-refractivity contribution >= 4 is 54.5 Å². The number of para-hydroxylation sites is 3. The van der Waals surface area contributed by atoms with Crippen molar-refractivity contribution in [3.63, 3.8) is 0 Å². The summed E-state index contributed by atoms with van der Waals surface area (Å²) in [5.74, 6) is 0. The fourth-order valence-corrected chi connectivity index (χ4v) is 6.60. The first-order valence-corrected chi connectivity index (χ1v) is 14.6. The summed E-state index contributed by atoms with van der Waals surface area (Å²) in [4.78, 5) is 10.5. The molecule has 43 heavy (non-hydrogen) atoms. The van der Waals surface area contributed by atoms with Crippen LogP contribution in [-0.4, -0.2) is 14.5 Å². The van der Waals surface area contributed by atoms with Gasteiger partial charge < -0.3 is 4.57 Å². The summed E-state index contributed by atoms with van der Waals surface area (Å²) >= 11 is 0. The number of rotatable bonds is 3. The van der Waals surface area contributed by atoms with Crippen LogP contribution >= 0.6 is 0 Å². The van der Waals surface area contributed by atoms with Crippen molar-refractivity contribution in [2.24, 2.45) is 0 Å². The minimum absolute atomic E-state index is 0.921. The second-order valence-corrected chi connectivity index (χ2v) is 11.0. The molecule has 9 aromatic rings. The Morgan fingerprint density at radius 2 is 1.12 bits per heavy atom. The van der Waals surface area contributed by atoms with E-state index in [9.17, 15) is 0 Å². The van der Waals surface area contributed by atoms with E-state index < -0.39 is 0 Å². The summed E-state index contributed by atoms with van der Waals surface area (Å²) in [6.07, 6.45) is 0. The lowest BCUT2D eigenvalue weighted by Gasteiger charge is -2.13. The van der Waals surface area contributed by atoms with Crippen LogP contribution in [0, 0.1) is 0 Å². The SMILES string of the molecule is c1ccc(-c2c3ccccc3nc3c2ccc2ccc(-c4ccc5c(c4)c4ccccc4n5-c4ccccc4)nc23)cc1. The number of aromatic nitrogens is 3. The highest BCUT2D eigenvalue weighted by Gasteiger charge is 2.16. The zero-order chi connectivity index (χ0) is 28.3. The summed E-state index contributed by atoms with van der Waals surface area (Å²) in [5.41, 5.74) is 10.8. The average Bonchev–Trinajstić information content (AvgIpc) is 3.41. The molecule has 0 spiro atoms. The summed E-state index contributed by atoms with van der Waals surface area (Å²) in [6.45, 7) is 0. The molecule has 3 heterocycles. The highest BCUT2D eigenvalue weighted by Crippen LogP contribution is 2.38. The van der Waals surface area contributed by atoms with Crippen LogP contribution in [0.4, 0.5) is 0 Å². The van der Waals surface area contributed by atoms with Crippen molar-refractivity contribution < 1.29 is 0 Å². The van der Waals surface area contributed by atoms with Crippen LogP contribution in [0.15, 0.2) is 152 Å². The third kappa shape index (κ3) is 3.68. The third-order valence-electron chi connectivity index (χ3n) is 8.56. The monoisotopic (exact) mass is 547 g/mol. The van der Waals surface area contributed by atoms with Crippen LogP contribution < -0.4 is 0 Å². The molecule has 0 unspecified atom stereocenters. The predicted molar refractivity (Wildman–Crippen MR) is 180 cm³/mol. The average molecular weight is 548 g/mol. The zero-order valence-corrected chi connectivity index (χ0v) is 23.3. The van der Waals surface area contributed by atoms with Crippen molar-refractivity contribution in [2.45, 2.75) is 0 Å². The molecule has 3 heteroatoms. The number of fused-ring (bicyclic) bond motifs is 7. The van der Waals surface area contributed by atoms with Crippen LogP contribution in [0.2, 0.25) is 0 Å². The Labute approximate surface area is 248 Å². The Morgan fingerprint density at radius 1 is 0.419 bits per heavy atom. The molecule has 200 valence electrons. The van der Waals surface area contributed by atoms with Crippen LogP contribution in [0.1, 0.15) is 0 Å². The van der Waals surface area contributed by atoms with Crippen molar-refractivity contribution in [3.8, 4) is 28.1 Å². The van der Waals surface area contributed by atoms with Crippen LogP contribution in [0.25, 0.3) is 82.6 Å². The fraction of sp³-hybridized carbons (Fsp3) is 0. The van der Waals surface area contributed by atoms with Crippen LogP contribution in [0.3, 0.4) is 0 Å². The maximum absolute atomic E-state index is 5.30. The van der Waals surface area contributed by atoms with Gasteiger partial charge in [0.05, 0.1) is 33.3 Å². The molecule has 3 nitrogen and oxygen atoms in total. The predicted octanol–water partition coefficient (Wildman–Crippen LogP) is 10.4. The minimum atomic E-state index is 0.921. The van der Waals surface area contributed by atoms with Gasteiger partial charge in [0.15, 0.2) is 0 Å². The maximum atomic E-state index is 5.30. The minimum Gasteiger partial charge on any atom is -0.309 e. The van der Waals surface area contributed by atoms with Crippen molar-refractivity contribution in [1.29, 1.82) is 0 Å². The molecule has 0 bridgehead atoms. The Kier molecular flexibility index (Phi) is 5.20. The molecular formula is C40H25N3. The topological polar surface area (TPSA) is 30.7 Å². The summed E-state index contributed by atoms with van der Waals surface area (Å²) in [5, 5.41) is 5.79. The van der Waals surface area contributed by atoms with Crippen molar-refractivity contribution in [1.82, 2.24) is 14.5 Å². The fourth-order valence-electron chi connectivity index (χ4n) is 6.60. The van der Waals surface area contributed by atoms with Gasteiger partial charge in [-0.1, -0.05) is 109 Å². The zero-order valence-electron chi connectivity index (χ0n) is 23.3. The van der Waals surface area contributed by atoms with Crippen molar-refractivity contribution in [2.75, 3.05) is 0 Å². The van der Waals surface area contributed by atoms with Gasteiger partial charge in [-0.15, -0.1) is 0 Å². The van der Waals surface area contributed by atoms with Gasteiger partial charge in [-0.25, -0.2) is 9.97 Å². The van der Waals surface area contributed by atoms with E-state index in [2.05, 4.69) is 156 Å². The molecule has 0 radical (unpaired) electrons. The molecule has 3 aromatic heterocycles. The molecule has 0 saturated heterocycles. The van der Waals surface area contributed by atoms with E-state index >= 15 is 0 Å². The van der Waals surface area contributed by atoms with Crippen LogP contribution in [-0.2, 0) is 0 Å². The van der Waals surface area contributed by atoms with E-state index in [0.717, 1.165) is 49.7 Å². The van der Waals surface area contributed by atoms with E-state index in [4.69, 9.17) is 9.97 Å². The normalized spacial score (nSPS) is 11.7. The maximum Gasteiger partial charge on any atom is 0.0978 e. The van der Waals surface area contributed by atoms with Gasteiger partial charge in [0, 0.05) is 43.7 Å². The summed E-state index contributed by atoms with van der Waals surface area (Å²) in [7, 11) is 0. The van der Waals surface area contributed by atoms with Gasteiger partial charge >= 0.3 is 0 Å². The van der Waals surface area contributed by atoms with Gasteiger partial charge in [0.25, 0.3) is 0 Å². The Bertz CT molecular complexity index is 2490. The lowest BCUT2D eigenvalue weighted by Crippen LogP contribution is -1.94. The molecule has 0 aliphatic carbocycles. The Morgan fingerprint density at radius 3 is 1.98 bits per heavy atom. The molecule has 0 saturated carbocycles. The number of pyridine rings is 2. The number of benzene rings is 6. The van der Waals surface area contributed by atoms with Gasteiger partial charge in [0.2, 0.25) is 0 Å². The lowest BCUT2D eigenvalue weighted by atomic mass is 9.95. The molecule has 0 fully saturated rings. The molecule has 0 amide bonds. The van der Waals surface area contributed by atoms with Gasteiger partial charge in [-0.2, -0.15) is 0 Å². The molecular weight excluding hydrogens is 522 g/mol. The lowest BCUT2D eigenvalue weighted by molar-refractivity contribution is 1.18. The second kappa shape index (κ2) is 9.37. The van der Waals surface area contributed by atoms with Gasteiger partial charge in [-0.3, -0.25) is 0 Å². The van der Waals surface area contributed by atoms with Gasteiger partial charge in [-0.05, 0) is 48.0 Å². The number of hydrogen-bond donors (Lipinski definition) is 0. The number of nitrogens with zero attached hydrogens (tertiary/aromatic N) is 3. The first-order chi connectivity index (χ1) is 21.3. The third-order valence-corrected chi connectivity index (χ3v) is 8.56. The van der Waals surface area contributed by atoms with Crippen LogP contribution in [0.5, 0.6) is 0 Å². The van der Waals surface area contributed by atoms with Gasteiger partial charge in [0.1, 0.15) is 0 Å². The van der Waals surface area contributed by atoms with E-state index in [1.165, 1.54) is 32.9 Å². The largest absolute Gasteiger partial charge is 0.309 e. The second-order valence-electron chi connectivity index (χ2n) is 11.0. The molecule has 9 rings (SSSR count). The molecule has 0 N–H and O–H groups in total. The summed E-state index contributed by atoms with van der Waals surface area (Å²) in [6, 6.07) is 53.6. The van der Waals surface area contributed by atoms with E-state index in [1.54, 1.807) is 0 Å². The summed E-state index contributed by atoms with van der Waals surface area (Å²) < 4.78 is 2.34. The molecule has 0 atom stereocenters. The molecule has 6 aromatic carbocycles. The Balaban J connectivity index is 1.29. The standard InChI is InChI=1S/C40H25N3/c1-3-11-26(12-4-1)38-31-16-7-9-17-35(31)42-40-32(38)22-19-27-20-23-34(41-39(27)40)28-21-24-37-33(25-28)30-15-8-10-18-36(30)43(37)29-13-5-2-6-14-29/h1-25H. The van der Waals surface area contributed by atoms with Crippen molar-refractivity contribution in [3.05, 3.63) is 152 Å². The highest BCUT2D eigenvalue weighted by molar-refractivity contribution is 6.16. The smallest absolute Gasteiger partial charge is 0.0978 e. The Hall–Kier alpha value is -5.80. The quantitative estimate of drug-likeness (QED) is 0.163. The molecule has 0 aliphatic heterocycles. The van der Waals surface area contributed by atoms with E-state index in [-0.39, 0.29) is 0 Å². The first-order valence-electron chi connectivity index (χ1n) is 14.6. The van der Waals surface area contributed by atoms with E-state index in [1.807, 2.05) is 0 Å². The first kappa shape index (κ1) is 23.9. The number of hydrogen-bond acceptors (Lipinski definition) is 2.